The number of fused-ring (bicyclic) bond motifs is 1. The topological polar surface area (TPSA) is 103 Å². The number of carbonyl (C=O) groups is 2. The molecule has 1 aromatic heterocycles. The van der Waals surface area contributed by atoms with E-state index in [4.69, 9.17) is 4.74 Å². The van der Waals surface area contributed by atoms with Gasteiger partial charge in [-0.2, -0.15) is 0 Å². The quantitative estimate of drug-likeness (QED) is 0.398. The summed E-state index contributed by atoms with van der Waals surface area (Å²) >= 11 is 7.06. The van der Waals surface area contributed by atoms with Crippen LogP contribution in [0.1, 0.15) is 37.3 Å². The molecule has 12 heteroatoms. The van der Waals surface area contributed by atoms with E-state index in [2.05, 4.69) is 47.1 Å². The number of benzene rings is 2. The highest BCUT2D eigenvalue weighted by molar-refractivity contribution is 9.13. The first-order valence-corrected chi connectivity index (χ1v) is 16.8. The second kappa shape index (κ2) is 13.5. The van der Waals surface area contributed by atoms with Gasteiger partial charge in [0.05, 0.1) is 11.0 Å². The van der Waals surface area contributed by atoms with Crippen LogP contribution in [0.15, 0.2) is 56.2 Å². The Balaban J connectivity index is 1.11. The van der Waals surface area contributed by atoms with Crippen LogP contribution in [0.4, 0.5) is 4.79 Å². The van der Waals surface area contributed by atoms with Crippen molar-refractivity contribution < 1.29 is 14.3 Å². The zero-order valence-corrected chi connectivity index (χ0v) is 27.3. The third kappa shape index (κ3) is 6.87. The number of aromatic nitrogens is 2. The Labute approximate surface area is 268 Å². The van der Waals surface area contributed by atoms with Crippen molar-refractivity contribution in [3.8, 4) is 0 Å². The van der Waals surface area contributed by atoms with Gasteiger partial charge in [-0.1, -0.05) is 18.2 Å². The van der Waals surface area contributed by atoms with Gasteiger partial charge in [0.15, 0.2) is 6.10 Å². The highest BCUT2D eigenvalue weighted by atomic mass is 79.9. The molecule has 4 heterocycles. The maximum Gasteiger partial charge on any atom is 0.410 e. The van der Waals surface area contributed by atoms with Crippen molar-refractivity contribution in [1.82, 2.24) is 29.6 Å². The fraction of sp³-hybridized carbons (Fsp3) is 0.516. The van der Waals surface area contributed by atoms with Crippen LogP contribution in [0.2, 0.25) is 0 Å². The highest BCUT2D eigenvalue weighted by Crippen LogP contribution is 2.27. The molecule has 0 radical (unpaired) electrons. The van der Waals surface area contributed by atoms with Crippen LogP contribution < -0.4 is 11.0 Å². The van der Waals surface area contributed by atoms with E-state index in [0.717, 1.165) is 64.6 Å². The van der Waals surface area contributed by atoms with E-state index in [9.17, 15) is 14.4 Å². The molecule has 0 saturated carbocycles. The molecule has 0 unspecified atom stereocenters. The molecule has 0 bridgehead atoms. The average molecular weight is 718 g/mol. The standard InChI is InChI=1S/C31H38Br2N6O4/c32-24-6-5-21(19-25(24)33)20-28(29(40)37-17-15-36(16-18-37)22-7-11-34-12-8-22)43-31(42)38-13-9-23(10-14-38)39-27-4-2-1-3-26(27)35-30(39)41/h1-6,19,22-23,28,34H,7-18,20H2,(H,35,41)/t28-/m1/s1. The van der Waals surface area contributed by atoms with Crippen LogP contribution in [0.25, 0.3) is 11.0 Å². The van der Waals surface area contributed by atoms with E-state index in [1.807, 2.05) is 47.4 Å². The Morgan fingerprint density at radius 2 is 1.58 bits per heavy atom. The lowest BCUT2D eigenvalue weighted by Crippen LogP contribution is -2.56. The van der Waals surface area contributed by atoms with E-state index in [-0.39, 0.29) is 17.6 Å². The lowest BCUT2D eigenvalue weighted by atomic mass is 10.0. The van der Waals surface area contributed by atoms with E-state index in [0.29, 0.717) is 51.5 Å². The first-order valence-electron chi connectivity index (χ1n) is 15.2. The Morgan fingerprint density at radius 1 is 0.860 bits per heavy atom. The van der Waals surface area contributed by atoms with Gasteiger partial charge in [-0.3, -0.25) is 14.3 Å². The molecule has 2 amide bonds. The summed E-state index contributed by atoms with van der Waals surface area (Å²) in [6.45, 7) is 5.92. The zero-order valence-electron chi connectivity index (χ0n) is 24.1. The Hall–Kier alpha value is -2.67. The number of nitrogens with zero attached hydrogens (tertiary/aromatic N) is 4. The SMILES string of the molecule is O=C(O[C@H](Cc1ccc(Br)c(Br)c1)C(=O)N1CCN(C2CCNCC2)CC1)N1CCC(n2c(=O)[nH]c3ccccc32)CC1. The maximum atomic E-state index is 13.9. The van der Waals surface area contributed by atoms with Gasteiger partial charge in [0.25, 0.3) is 5.91 Å². The molecule has 10 nitrogen and oxygen atoms in total. The molecule has 6 rings (SSSR count). The molecule has 3 aromatic rings. The zero-order chi connectivity index (χ0) is 29.9. The Morgan fingerprint density at radius 3 is 2.30 bits per heavy atom. The molecule has 43 heavy (non-hydrogen) atoms. The van der Waals surface area contributed by atoms with Gasteiger partial charge in [-0.15, -0.1) is 0 Å². The van der Waals surface area contributed by atoms with Gasteiger partial charge >= 0.3 is 11.8 Å². The van der Waals surface area contributed by atoms with Crippen molar-refractivity contribution in [2.45, 2.75) is 50.3 Å². The minimum Gasteiger partial charge on any atom is -0.436 e. The second-order valence-corrected chi connectivity index (χ2v) is 13.4. The number of ether oxygens (including phenoxy) is 1. The minimum atomic E-state index is -0.917. The molecule has 230 valence electrons. The number of carbonyl (C=O) groups excluding carboxylic acids is 2. The van der Waals surface area contributed by atoms with Crippen LogP contribution >= 0.6 is 31.9 Å². The van der Waals surface area contributed by atoms with E-state index in [1.54, 1.807) is 9.47 Å². The lowest BCUT2D eigenvalue weighted by molar-refractivity contribution is -0.143. The Kier molecular flexibility index (Phi) is 9.56. The number of hydrogen-bond donors (Lipinski definition) is 2. The largest absolute Gasteiger partial charge is 0.436 e. The fourth-order valence-electron chi connectivity index (χ4n) is 6.68. The number of rotatable bonds is 6. The van der Waals surface area contributed by atoms with Gasteiger partial charge in [0, 0.05) is 66.7 Å². The molecule has 3 aliphatic heterocycles. The predicted molar refractivity (Wildman–Crippen MR) is 172 cm³/mol. The number of aromatic amines is 1. The third-order valence-corrected chi connectivity index (χ3v) is 11.0. The number of hydrogen-bond acceptors (Lipinski definition) is 6. The number of likely N-dealkylation sites (tertiary alicyclic amines) is 1. The summed E-state index contributed by atoms with van der Waals surface area (Å²) < 4.78 is 9.62. The maximum absolute atomic E-state index is 13.9. The normalized spacial score (nSPS) is 20.0. The number of piperidine rings is 2. The average Bonchev–Trinajstić information content (AvgIpc) is 3.38. The molecule has 0 aliphatic carbocycles. The van der Waals surface area contributed by atoms with Crippen LogP contribution in [0.5, 0.6) is 0 Å². The van der Waals surface area contributed by atoms with Gasteiger partial charge in [0.2, 0.25) is 0 Å². The van der Waals surface area contributed by atoms with Crippen molar-refractivity contribution in [3.63, 3.8) is 0 Å². The van der Waals surface area contributed by atoms with E-state index in [1.165, 1.54) is 0 Å². The fourth-order valence-corrected chi connectivity index (χ4v) is 7.36. The first-order chi connectivity index (χ1) is 20.9. The number of imidazole rings is 1. The molecule has 2 aromatic carbocycles. The van der Waals surface area contributed by atoms with Crippen molar-refractivity contribution in [2.24, 2.45) is 0 Å². The number of amides is 2. The monoisotopic (exact) mass is 716 g/mol. The van der Waals surface area contributed by atoms with Gasteiger partial charge in [-0.25, -0.2) is 9.59 Å². The number of nitrogens with one attached hydrogen (secondary N) is 2. The number of para-hydroxylation sites is 2. The van der Waals surface area contributed by atoms with Crippen LogP contribution in [-0.4, -0.2) is 101 Å². The van der Waals surface area contributed by atoms with E-state index >= 15 is 0 Å². The summed E-state index contributed by atoms with van der Waals surface area (Å²) in [5, 5.41) is 3.42. The molecule has 3 fully saturated rings. The Bertz CT molecular complexity index is 1500. The summed E-state index contributed by atoms with van der Waals surface area (Å²) in [5.74, 6) is -0.141. The smallest absolute Gasteiger partial charge is 0.410 e. The van der Waals surface area contributed by atoms with Crippen LogP contribution in [0, 0.1) is 0 Å². The molecule has 1 atom stereocenters. The van der Waals surface area contributed by atoms with Crippen molar-refractivity contribution in [1.29, 1.82) is 0 Å². The number of piperazine rings is 1. The lowest BCUT2D eigenvalue weighted by Gasteiger charge is -2.41. The van der Waals surface area contributed by atoms with Crippen molar-refractivity contribution in [3.05, 3.63) is 67.5 Å². The minimum absolute atomic E-state index is 0.0125. The highest BCUT2D eigenvalue weighted by Gasteiger charge is 2.35. The summed E-state index contributed by atoms with van der Waals surface area (Å²) in [6.07, 6.45) is 2.44. The molecular weight excluding hydrogens is 680 g/mol. The van der Waals surface area contributed by atoms with Crippen molar-refractivity contribution in [2.75, 3.05) is 52.4 Å². The summed E-state index contributed by atoms with van der Waals surface area (Å²) in [4.78, 5) is 49.0. The molecule has 3 saturated heterocycles. The number of H-pyrrole nitrogens is 1. The molecule has 2 N–H and O–H groups in total. The second-order valence-electron chi connectivity index (χ2n) is 11.7. The summed E-state index contributed by atoms with van der Waals surface area (Å²) in [6, 6.07) is 14.0. The molecule has 3 aliphatic rings. The van der Waals surface area contributed by atoms with Crippen molar-refractivity contribution >= 4 is 54.9 Å². The van der Waals surface area contributed by atoms with Crippen LogP contribution in [-0.2, 0) is 16.0 Å². The van der Waals surface area contributed by atoms with Gasteiger partial charge in [-0.05, 0) is 100 Å². The first kappa shape index (κ1) is 30.4. The predicted octanol–water partition coefficient (Wildman–Crippen LogP) is 4.14. The molecule has 0 spiro atoms. The molecular formula is C31H38Br2N6O4. The van der Waals surface area contributed by atoms with Gasteiger partial charge < -0.3 is 24.8 Å². The van der Waals surface area contributed by atoms with Gasteiger partial charge in [0.1, 0.15) is 0 Å². The van der Waals surface area contributed by atoms with Crippen LogP contribution in [0.3, 0.4) is 0 Å². The number of halogens is 2. The third-order valence-electron chi connectivity index (χ3n) is 9.09. The summed E-state index contributed by atoms with van der Waals surface area (Å²) in [7, 11) is 0. The summed E-state index contributed by atoms with van der Waals surface area (Å²) in [5.41, 5.74) is 2.47. The van der Waals surface area contributed by atoms with E-state index < -0.39 is 12.2 Å².